The highest BCUT2D eigenvalue weighted by Gasteiger charge is 2.29. The van der Waals surface area contributed by atoms with Gasteiger partial charge in [0.1, 0.15) is 0 Å². The maximum absolute atomic E-state index is 12.3. The van der Waals surface area contributed by atoms with E-state index in [1.54, 1.807) is 0 Å². The van der Waals surface area contributed by atoms with Crippen LogP contribution in [-0.4, -0.2) is 37.5 Å². The average Bonchev–Trinajstić information content (AvgIpc) is 2.43. The van der Waals surface area contributed by atoms with Crippen LogP contribution in [0.5, 0.6) is 0 Å². The first-order valence-electron chi connectivity index (χ1n) is 7.13. The number of carbonyl (C=O) groups excluding carboxylic acids is 1. The van der Waals surface area contributed by atoms with Gasteiger partial charge in [0.2, 0.25) is 0 Å². The van der Waals surface area contributed by atoms with Crippen LogP contribution in [0.15, 0.2) is 18.2 Å². The Labute approximate surface area is 135 Å². The van der Waals surface area contributed by atoms with Crippen molar-refractivity contribution in [2.75, 3.05) is 26.7 Å². The normalized spacial score (nSPS) is 18.8. The zero-order valence-electron chi connectivity index (χ0n) is 12.5. The minimum atomic E-state index is 0.0539. The summed E-state index contributed by atoms with van der Waals surface area (Å²) in [6.45, 7) is 7.32. The number of rotatable bonds is 3. The van der Waals surface area contributed by atoms with Gasteiger partial charge in [0.15, 0.2) is 0 Å². The minimum Gasteiger partial charge on any atom is -0.351 e. The van der Waals surface area contributed by atoms with Crippen LogP contribution in [0.4, 0.5) is 0 Å². The van der Waals surface area contributed by atoms with Gasteiger partial charge in [0.05, 0.1) is 5.56 Å². The molecule has 1 N–H and O–H groups in total. The van der Waals surface area contributed by atoms with Crippen LogP contribution < -0.4 is 5.32 Å². The summed E-state index contributed by atoms with van der Waals surface area (Å²) >= 11 is 2.25. The van der Waals surface area contributed by atoms with E-state index in [0.29, 0.717) is 0 Å². The molecule has 0 radical (unpaired) electrons. The number of halogens is 1. The molecule has 0 aromatic heterocycles. The van der Waals surface area contributed by atoms with Crippen molar-refractivity contribution in [1.29, 1.82) is 0 Å². The highest BCUT2D eigenvalue weighted by molar-refractivity contribution is 14.1. The van der Waals surface area contributed by atoms with Crippen molar-refractivity contribution in [2.24, 2.45) is 5.41 Å². The molecule has 0 aliphatic carbocycles. The number of aryl methyl sites for hydroxylation is 1. The Balaban J connectivity index is 1.97. The summed E-state index contributed by atoms with van der Waals surface area (Å²) in [7, 11) is 2.16. The number of hydrogen-bond acceptors (Lipinski definition) is 2. The maximum Gasteiger partial charge on any atom is 0.252 e. The molecule has 0 unspecified atom stereocenters. The van der Waals surface area contributed by atoms with Gasteiger partial charge >= 0.3 is 0 Å². The first kappa shape index (κ1) is 15.8. The fraction of sp³-hybridized carbons (Fsp3) is 0.562. The van der Waals surface area contributed by atoms with Crippen molar-refractivity contribution < 1.29 is 4.79 Å². The number of nitrogens with one attached hydrogen (secondary N) is 1. The quantitative estimate of drug-likeness (QED) is 0.810. The molecule has 20 heavy (non-hydrogen) atoms. The summed E-state index contributed by atoms with van der Waals surface area (Å²) in [5, 5.41) is 3.13. The highest BCUT2D eigenvalue weighted by atomic mass is 127. The van der Waals surface area contributed by atoms with Gasteiger partial charge in [0, 0.05) is 10.1 Å². The topological polar surface area (TPSA) is 32.3 Å². The Morgan fingerprint density at radius 3 is 2.70 bits per heavy atom. The fourth-order valence-corrected chi connectivity index (χ4v) is 3.15. The first-order chi connectivity index (χ1) is 9.41. The molecule has 3 nitrogen and oxygen atoms in total. The lowest BCUT2D eigenvalue weighted by molar-refractivity contribution is 0.0890. The summed E-state index contributed by atoms with van der Waals surface area (Å²) in [5.74, 6) is 0.0539. The van der Waals surface area contributed by atoms with Crippen LogP contribution in [0.3, 0.4) is 0 Å². The SMILES string of the molecule is Cc1cccc(C(=O)NCC2(C)CCN(C)CC2)c1I. The predicted molar refractivity (Wildman–Crippen MR) is 91.1 cm³/mol. The molecule has 0 saturated carbocycles. The average molecular weight is 386 g/mol. The largest absolute Gasteiger partial charge is 0.351 e. The van der Waals surface area contributed by atoms with Gasteiger partial charge in [-0.15, -0.1) is 0 Å². The predicted octanol–water partition coefficient (Wildman–Crippen LogP) is 3.06. The summed E-state index contributed by atoms with van der Waals surface area (Å²) in [6, 6.07) is 5.89. The molecule has 1 aromatic rings. The molecule has 0 bridgehead atoms. The molecule has 2 rings (SSSR count). The Morgan fingerprint density at radius 1 is 1.40 bits per heavy atom. The van der Waals surface area contributed by atoms with Crippen LogP contribution in [-0.2, 0) is 0 Å². The molecular formula is C16H23IN2O. The van der Waals surface area contributed by atoms with Crippen molar-refractivity contribution in [3.8, 4) is 0 Å². The third-order valence-corrected chi connectivity index (χ3v) is 5.74. The van der Waals surface area contributed by atoms with Gasteiger partial charge in [-0.2, -0.15) is 0 Å². The van der Waals surface area contributed by atoms with Gasteiger partial charge in [-0.1, -0.05) is 19.1 Å². The summed E-state index contributed by atoms with van der Waals surface area (Å²) < 4.78 is 1.05. The van der Waals surface area contributed by atoms with Crippen molar-refractivity contribution in [2.45, 2.75) is 26.7 Å². The number of piperidine rings is 1. The number of amides is 1. The molecule has 110 valence electrons. The van der Waals surface area contributed by atoms with Crippen molar-refractivity contribution in [1.82, 2.24) is 10.2 Å². The van der Waals surface area contributed by atoms with E-state index < -0.39 is 0 Å². The van der Waals surface area contributed by atoms with Crippen LogP contribution in [0.1, 0.15) is 35.7 Å². The maximum atomic E-state index is 12.3. The zero-order chi connectivity index (χ0) is 14.8. The lowest BCUT2D eigenvalue weighted by Crippen LogP contribution is -2.43. The van der Waals surface area contributed by atoms with E-state index in [0.717, 1.165) is 47.2 Å². The van der Waals surface area contributed by atoms with Gasteiger partial charge in [-0.25, -0.2) is 0 Å². The first-order valence-corrected chi connectivity index (χ1v) is 8.21. The smallest absolute Gasteiger partial charge is 0.252 e. The second-order valence-electron chi connectivity index (χ2n) is 6.23. The van der Waals surface area contributed by atoms with Gasteiger partial charge < -0.3 is 10.2 Å². The fourth-order valence-electron chi connectivity index (χ4n) is 2.55. The molecule has 1 aliphatic heterocycles. The van der Waals surface area contributed by atoms with Crippen molar-refractivity contribution >= 4 is 28.5 Å². The highest BCUT2D eigenvalue weighted by Crippen LogP contribution is 2.29. The van der Waals surface area contributed by atoms with E-state index in [1.165, 1.54) is 0 Å². The van der Waals surface area contributed by atoms with Crippen LogP contribution in [0, 0.1) is 15.9 Å². The van der Waals surface area contributed by atoms with Gasteiger partial charge in [-0.05, 0) is 79.5 Å². The minimum absolute atomic E-state index is 0.0539. The van der Waals surface area contributed by atoms with Crippen LogP contribution in [0.2, 0.25) is 0 Å². The number of hydrogen-bond donors (Lipinski definition) is 1. The second kappa shape index (κ2) is 6.43. The molecular weight excluding hydrogens is 363 g/mol. The van der Waals surface area contributed by atoms with E-state index >= 15 is 0 Å². The Hall–Kier alpha value is -0.620. The van der Waals surface area contributed by atoms with E-state index in [1.807, 2.05) is 25.1 Å². The monoisotopic (exact) mass is 386 g/mol. The van der Waals surface area contributed by atoms with E-state index in [-0.39, 0.29) is 11.3 Å². The molecule has 0 spiro atoms. The molecule has 1 saturated heterocycles. The van der Waals surface area contributed by atoms with E-state index in [9.17, 15) is 4.79 Å². The molecule has 1 fully saturated rings. The second-order valence-corrected chi connectivity index (χ2v) is 7.31. The van der Waals surface area contributed by atoms with Crippen LogP contribution in [0.25, 0.3) is 0 Å². The zero-order valence-corrected chi connectivity index (χ0v) is 14.7. The van der Waals surface area contributed by atoms with Gasteiger partial charge in [-0.3, -0.25) is 4.79 Å². The molecule has 1 aliphatic rings. The van der Waals surface area contributed by atoms with Crippen molar-refractivity contribution in [3.05, 3.63) is 32.9 Å². The number of carbonyl (C=O) groups is 1. The van der Waals surface area contributed by atoms with Gasteiger partial charge in [0.25, 0.3) is 5.91 Å². The summed E-state index contributed by atoms with van der Waals surface area (Å²) in [4.78, 5) is 14.7. The number of likely N-dealkylation sites (tertiary alicyclic amines) is 1. The lowest BCUT2D eigenvalue weighted by atomic mass is 9.80. The van der Waals surface area contributed by atoms with Crippen molar-refractivity contribution in [3.63, 3.8) is 0 Å². The molecule has 4 heteroatoms. The Morgan fingerprint density at radius 2 is 2.05 bits per heavy atom. The van der Waals surface area contributed by atoms with Crippen LogP contribution >= 0.6 is 22.6 Å². The lowest BCUT2D eigenvalue weighted by Gasteiger charge is -2.38. The summed E-state index contributed by atoms with van der Waals surface area (Å²) in [6.07, 6.45) is 2.30. The molecule has 1 aromatic carbocycles. The Bertz CT molecular complexity index is 493. The number of benzene rings is 1. The third kappa shape index (κ3) is 3.73. The Kier molecular flexibility index (Phi) is 5.07. The molecule has 0 atom stereocenters. The number of nitrogens with zero attached hydrogens (tertiary/aromatic N) is 1. The molecule has 1 heterocycles. The molecule has 1 amide bonds. The van der Waals surface area contributed by atoms with E-state index in [4.69, 9.17) is 0 Å². The summed E-state index contributed by atoms with van der Waals surface area (Å²) in [5.41, 5.74) is 2.18. The van der Waals surface area contributed by atoms with E-state index in [2.05, 4.69) is 46.8 Å². The third-order valence-electron chi connectivity index (χ3n) is 4.31. The standard InChI is InChI=1S/C16H23IN2O/c1-12-5-4-6-13(14(12)17)15(20)18-11-16(2)7-9-19(3)10-8-16/h4-6H,7-11H2,1-3H3,(H,18,20).